The van der Waals surface area contributed by atoms with Gasteiger partial charge in [-0.15, -0.1) is 0 Å². The van der Waals surface area contributed by atoms with Crippen LogP contribution < -0.4 is 4.74 Å². The molecule has 0 fully saturated rings. The van der Waals surface area contributed by atoms with E-state index >= 15 is 0 Å². The van der Waals surface area contributed by atoms with E-state index in [1.54, 1.807) is 7.11 Å². The second-order valence-electron chi connectivity index (χ2n) is 3.94. The highest BCUT2D eigenvalue weighted by atomic mass is 32.1. The van der Waals surface area contributed by atoms with Gasteiger partial charge in [-0.2, -0.15) is 0 Å². The van der Waals surface area contributed by atoms with Gasteiger partial charge >= 0.3 is 0 Å². The van der Waals surface area contributed by atoms with Crippen LogP contribution in [0.3, 0.4) is 0 Å². The second kappa shape index (κ2) is 6.45. The van der Waals surface area contributed by atoms with Crippen molar-refractivity contribution in [2.45, 2.75) is 13.5 Å². The minimum absolute atomic E-state index is 0.397. The number of nitrogens with one attached hydrogen (secondary N) is 1. The Morgan fingerprint density at radius 1 is 1.32 bits per heavy atom. The Hall–Kier alpha value is -1.72. The number of aromatic amines is 1. The summed E-state index contributed by atoms with van der Waals surface area (Å²) in [6.07, 6.45) is 0. The molecule has 19 heavy (non-hydrogen) atoms. The predicted molar refractivity (Wildman–Crippen MR) is 76.7 cm³/mol. The standard InChI is InChI=1S/C14H16N2O2S/c1-3-18-12-7-5-4-6-10(12)11-8-14(19)16-13(15-11)9-17-2/h4-8H,3,9H2,1-2H3,(H,15,16,19). The Bertz CT molecular complexity index is 610. The van der Waals surface area contributed by atoms with Crippen molar-refractivity contribution >= 4 is 12.2 Å². The maximum absolute atomic E-state index is 5.63. The molecule has 1 aromatic carbocycles. The fourth-order valence-electron chi connectivity index (χ4n) is 1.83. The van der Waals surface area contributed by atoms with Crippen LogP contribution in [-0.4, -0.2) is 23.7 Å². The molecule has 0 amide bonds. The molecule has 0 unspecified atom stereocenters. The first kappa shape index (κ1) is 13.7. The summed E-state index contributed by atoms with van der Waals surface area (Å²) < 4.78 is 11.2. The third-order valence-corrected chi connectivity index (χ3v) is 2.76. The summed E-state index contributed by atoms with van der Waals surface area (Å²) in [5, 5.41) is 0. The maximum Gasteiger partial charge on any atom is 0.134 e. The SMILES string of the molecule is CCOc1ccccc1-c1cc(=S)nc(COC)[nH]1. The van der Waals surface area contributed by atoms with E-state index in [-0.39, 0.29) is 0 Å². The van der Waals surface area contributed by atoms with E-state index in [2.05, 4.69) is 9.97 Å². The summed E-state index contributed by atoms with van der Waals surface area (Å²) in [5.74, 6) is 1.53. The predicted octanol–water partition coefficient (Wildman–Crippen LogP) is 3.35. The topological polar surface area (TPSA) is 47.1 Å². The molecule has 0 aliphatic heterocycles. The van der Waals surface area contributed by atoms with Gasteiger partial charge in [-0.05, 0) is 25.1 Å². The number of hydrogen-bond donors (Lipinski definition) is 1. The number of aromatic nitrogens is 2. The molecule has 1 heterocycles. The number of hydrogen-bond acceptors (Lipinski definition) is 4. The molecule has 0 spiro atoms. The molecular weight excluding hydrogens is 260 g/mol. The Morgan fingerprint density at radius 2 is 2.11 bits per heavy atom. The van der Waals surface area contributed by atoms with Gasteiger partial charge in [0.2, 0.25) is 0 Å². The third kappa shape index (κ3) is 3.39. The zero-order chi connectivity index (χ0) is 13.7. The van der Waals surface area contributed by atoms with E-state index in [1.165, 1.54) is 0 Å². The van der Waals surface area contributed by atoms with Crippen LogP contribution >= 0.6 is 12.2 Å². The van der Waals surface area contributed by atoms with Crippen LogP contribution in [0, 0.1) is 4.64 Å². The van der Waals surface area contributed by atoms with Crippen LogP contribution in [0.1, 0.15) is 12.7 Å². The number of benzene rings is 1. The summed E-state index contributed by atoms with van der Waals surface area (Å²) in [6.45, 7) is 2.98. The molecule has 0 radical (unpaired) electrons. The molecule has 5 heteroatoms. The number of H-pyrrole nitrogens is 1. The Labute approximate surface area is 117 Å². The van der Waals surface area contributed by atoms with Gasteiger partial charge in [0, 0.05) is 12.7 Å². The van der Waals surface area contributed by atoms with Crippen LogP contribution in [0.2, 0.25) is 0 Å². The van der Waals surface area contributed by atoms with Gasteiger partial charge in [-0.25, -0.2) is 4.98 Å². The molecule has 0 atom stereocenters. The van der Waals surface area contributed by atoms with Crippen LogP contribution in [0.25, 0.3) is 11.3 Å². The largest absolute Gasteiger partial charge is 0.493 e. The zero-order valence-electron chi connectivity index (χ0n) is 11.0. The fourth-order valence-corrected chi connectivity index (χ4v) is 2.06. The normalized spacial score (nSPS) is 10.4. The number of para-hydroxylation sites is 1. The number of rotatable bonds is 5. The van der Waals surface area contributed by atoms with E-state index in [1.807, 2.05) is 37.3 Å². The summed E-state index contributed by atoms with van der Waals surface area (Å²) in [6, 6.07) is 9.66. The van der Waals surface area contributed by atoms with Crippen molar-refractivity contribution in [1.29, 1.82) is 0 Å². The first-order chi connectivity index (χ1) is 9.24. The van der Waals surface area contributed by atoms with Crippen molar-refractivity contribution in [2.24, 2.45) is 0 Å². The Morgan fingerprint density at radius 3 is 2.84 bits per heavy atom. The summed E-state index contributed by atoms with van der Waals surface area (Å²) >= 11 is 5.18. The molecule has 4 nitrogen and oxygen atoms in total. The molecule has 0 aliphatic rings. The monoisotopic (exact) mass is 276 g/mol. The van der Waals surface area contributed by atoms with E-state index in [0.29, 0.717) is 23.7 Å². The van der Waals surface area contributed by atoms with E-state index in [0.717, 1.165) is 17.0 Å². The van der Waals surface area contributed by atoms with Gasteiger partial charge in [0.15, 0.2) is 0 Å². The minimum atomic E-state index is 0.397. The van der Waals surface area contributed by atoms with Crippen molar-refractivity contribution in [3.63, 3.8) is 0 Å². The quantitative estimate of drug-likeness (QED) is 0.851. The van der Waals surface area contributed by atoms with Crippen molar-refractivity contribution in [3.8, 4) is 17.0 Å². The van der Waals surface area contributed by atoms with Crippen molar-refractivity contribution < 1.29 is 9.47 Å². The number of nitrogens with zero attached hydrogens (tertiary/aromatic N) is 1. The average molecular weight is 276 g/mol. The average Bonchev–Trinajstić information content (AvgIpc) is 2.39. The highest BCUT2D eigenvalue weighted by molar-refractivity contribution is 7.71. The molecule has 2 aromatic rings. The number of methoxy groups -OCH3 is 1. The fraction of sp³-hybridized carbons (Fsp3) is 0.286. The molecule has 0 saturated heterocycles. The lowest BCUT2D eigenvalue weighted by atomic mass is 10.1. The van der Waals surface area contributed by atoms with Gasteiger partial charge in [-0.3, -0.25) is 0 Å². The van der Waals surface area contributed by atoms with E-state index < -0.39 is 0 Å². The maximum atomic E-state index is 5.63. The lowest BCUT2D eigenvalue weighted by Gasteiger charge is -2.11. The van der Waals surface area contributed by atoms with Crippen molar-refractivity contribution in [1.82, 2.24) is 9.97 Å². The third-order valence-electron chi connectivity index (χ3n) is 2.55. The summed E-state index contributed by atoms with van der Waals surface area (Å²) in [7, 11) is 1.62. The molecule has 0 bridgehead atoms. The van der Waals surface area contributed by atoms with Crippen molar-refractivity contribution in [3.05, 3.63) is 40.8 Å². The van der Waals surface area contributed by atoms with Crippen LogP contribution in [-0.2, 0) is 11.3 Å². The van der Waals surface area contributed by atoms with E-state index in [9.17, 15) is 0 Å². The van der Waals surface area contributed by atoms with Gasteiger partial charge in [0.05, 0.1) is 12.3 Å². The van der Waals surface area contributed by atoms with Crippen LogP contribution in [0.4, 0.5) is 0 Å². The Kier molecular flexibility index (Phi) is 4.65. The van der Waals surface area contributed by atoms with Crippen LogP contribution in [0.15, 0.2) is 30.3 Å². The molecule has 0 aliphatic carbocycles. The number of ether oxygens (including phenoxy) is 2. The second-order valence-corrected chi connectivity index (χ2v) is 4.36. The zero-order valence-corrected chi connectivity index (χ0v) is 11.8. The minimum Gasteiger partial charge on any atom is -0.493 e. The van der Waals surface area contributed by atoms with E-state index in [4.69, 9.17) is 21.7 Å². The van der Waals surface area contributed by atoms with Gasteiger partial charge in [0.1, 0.15) is 22.8 Å². The Balaban J connectivity index is 2.49. The van der Waals surface area contributed by atoms with Gasteiger partial charge in [0.25, 0.3) is 0 Å². The molecule has 1 aromatic heterocycles. The summed E-state index contributed by atoms with van der Waals surface area (Å²) in [5.41, 5.74) is 1.85. The molecular formula is C14H16N2O2S. The lowest BCUT2D eigenvalue weighted by Crippen LogP contribution is -2.00. The smallest absolute Gasteiger partial charge is 0.134 e. The first-order valence-corrected chi connectivity index (χ1v) is 6.46. The molecule has 1 N–H and O–H groups in total. The van der Waals surface area contributed by atoms with Gasteiger partial charge in [-0.1, -0.05) is 24.4 Å². The molecule has 2 rings (SSSR count). The molecule has 100 valence electrons. The lowest BCUT2D eigenvalue weighted by molar-refractivity contribution is 0.177. The summed E-state index contributed by atoms with van der Waals surface area (Å²) in [4.78, 5) is 7.44. The van der Waals surface area contributed by atoms with Crippen LogP contribution in [0.5, 0.6) is 5.75 Å². The van der Waals surface area contributed by atoms with Crippen molar-refractivity contribution in [2.75, 3.05) is 13.7 Å². The molecule has 0 saturated carbocycles. The highest BCUT2D eigenvalue weighted by Crippen LogP contribution is 2.28. The highest BCUT2D eigenvalue weighted by Gasteiger charge is 2.07. The first-order valence-electron chi connectivity index (χ1n) is 6.06. The van der Waals surface area contributed by atoms with Gasteiger partial charge < -0.3 is 14.5 Å².